The Bertz CT molecular complexity index is 753. The van der Waals surface area contributed by atoms with E-state index in [-0.39, 0.29) is 24.1 Å². The van der Waals surface area contributed by atoms with E-state index in [9.17, 15) is 9.18 Å². The van der Waals surface area contributed by atoms with E-state index < -0.39 is 0 Å². The van der Waals surface area contributed by atoms with Crippen LogP contribution in [0.5, 0.6) is 5.75 Å². The quantitative estimate of drug-likeness (QED) is 0.510. The van der Waals surface area contributed by atoms with Crippen LogP contribution in [-0.2, 0) is 17.1 Å². The summed E-state index contributed by atoms with van der Waals surface area (Å²) in [4.78, 5) is 15.1. The Hall–Kier alpha value is -1.54. The highest BCUT2D eigenvalue weighted by Gasteiger charge is 2.04. The van der Waals surface area contributed by atoms with Crippen LogP contribution >= 0.6 is 35.5 Å². The average molecular weight is 445 g/mol. The van der Waals surface area contributed by atoms with Crippen molar-refractivity contribution in [2.24, 2.45) is 0 Å². The van der Waals surface area contributed by atoms with E-state index in [1.165, 1.54) is 22.7 Å². The summed E-state index contributed by atoms with van der Waals surface area (Å²) in [6.45, 7) is 1.47. The Morgan fingerprint density at radius 3 is 2.89 bits per heavy atom. The molecular weight excluding hydrogens is 419 g/mol. The molecule has 1 N–H and O–H groups in total. The molecule has 0 radical (unpaired) electrons. The minimum atomic E-state index is -0.232. The molecule has 0 bridgehead atoms. The third-order valence-electron chi connectivity index (χ3n) is 3.47. The third-order valence-corrected chi connectivity index (χ3v) is 5.35. The summed E-state index contributed by atoms with van der Waals surface area (Å²) in [5, 5.41) is 4.73. The van der Waals surface area contributed by atoms with E-state index in [1.54, 1.807) is 35.7 Å². The summed E-state index contributed by atoms with van der Waals surface area (Å²) in [6.07, 6.45) is 4.22. The van der Waals surface area contributed by atoms with Gasteiger partial charge in [-0.05, 0) is 38.0 Å². The van der Waals surface area contributed by atoms with Crippen molar-refractivity contribution in [2.75, 3.05) is 26.5 Å². The van der Waals surface area contributed by atoms with Gasteiger partial charge in [0.05, 0.1) is 12.4 Å². The SMILES string of the molecule is CN(C)Cc1cc(OCC/C=C\NC(=O)CSCc2ccccc2F)cs1.Cl. The molecule has 1 amide bonds. The monoisotopic (exact) mass is 444 g/mol. The van der Waals surface area contributed by atoms with Crippen LogP contribution in [0.1, 0.15) is 16.9 Å². The number of benzene rings is 1. The number of ether oxygens (including phenoxy) is 1. The van der Waals surface area contributed by atoms with Crippen LogP contribution in [0.3, 0.4) is 0 Å². The number of hydrogen-bond acceptors (Lipinski definition) is 5. The predicted octanol–water partition coefficient (Wildman–Crippen LogP) is 4.70. The zero-order chi connectivity index (χ0) is 19.5. The van der Waals surface area contributed by atoms with Gasteiger partial charge in [-0.25, -0.2) is 4.39 Å². The molecule has 0 saturated heterocycles. The normalized spacial score (nSPS) is 10.9. The fraction of sp³-hybridized carbons (Fsp3) is 0.350. The number of thioether (sulfide) groups is 1. The van der Waals surface area contributed by atoms with Crippen molar-refractivity contribution in [3.05, 3.63) is 64.2 Å². The first-order chi connectivity index (χ1) is 13.0. The predicted molar refractivity (Wildman–Crippen MR) is 119 cm³/mol. The maximum absolute atomic E-state index is 13.5. The van der Waals surface area contributed by atoms with E-state index in [2.05, 4.69) is 16.3 Å². The summed E-state index contributed by atoms with van der Waals surface area (Å²) in [5.74, 6) is 1.33. The van der Waals surface area contributed by atoms with Crippen LogP contribution in [0.25, 0.3) is 0 Å². The van der Waals surface area contributed by atoms with E-state index in [0.29, 0.717) is 30.1 Å². The largest absolute Gasteiger partial charge is 0.492 e. The van der Waals surface area contributed by atoms with Crippen molar-refractivity contribution < 1.29 is 13.9 Å². The molecule has 154 valence electrons. The Morgan fingerprint density at radius 1 is 1.36 bits per heavy atom. The smallest absolute Gasteiger partial charge is 0.233 e. The Balaban J connectivity index is 0.00000392. The van der Waals surface area contributed by atoms with Crippen molar-refractivity contribution >= 4 is 41.4 Å². The van der Waals surface area contributed by atoms with Crippen LogP contribution < -0.4 is 10.1 Å². The topological polar surface area (TPSA) is 41.6 Å². The van der Waals surface area contributed by atoms with Crippen molar-refractivity contribution in [2.45, 2.75) is 18.7 Å². The number of halogens is 2. The van der Waals surface area contributed by atoms with Crippen LogP contribution in [0.2, 0.25) is 0 Å². The molecule has 2 aromatic rings. The molecule has 0 atom stereocenters. The van der Waals surface area contributed by atoms with Crippen LogP contribution in [0, 0.1) is 5.82 Å². The summed E-state index contributed by atoms with van der Waals surface area (Å²) in [5.41, 5.74) is 0.616. The van der Waals surface area contributed by atoms with Gasteiger partial charge in [0.1, 0.15) is 11.6 Å². The molecular formula is C20H26ClFN2O2S2. The van der Waals surface area contributed by atoms with E-state index in [0.717, 1.165) is 12.3 Å². The zero-order valence-corrected chi connectivity index (χ0v) is 18.5. The van der Waals surface area contributed by atoms with Gasteiger partial charge < -0.3 is 15.0 Å². The first kappa shape index (κ1) is 24.5. The molecule has 8 heteroatoms. The minimum absolute atomic E-state index is 0. The van der Waals surface area contributed by atoms with Gasteiger partial charge in [-0.15, -0.1) is 35.5 Å². The second-order valence-electron chi connectivity index (χ2n) is 6.18. The van der Waals surface area contributed by atoms with E-state index in [4.69, 9.17) is 4.74 Å². The molecule has 4 nitrogen and oxygen atoms in total. The Morgan fingerprint density at radius 2 is 2.14 bits per heavy atom. The van der Waals surface area contributed by atoms with Gasteiger partial charge in [-0.3, -0.25) is 4.79 Å². The molecule has 0 aliphatic carbocycles. The van der Waals surface area contributed by atoms with Gasteiger partial charge in [-0.1, -0.05) is 24.3 Å². The molecule has 0 saturated carbocycles. The Labute approximate surface area is 180 Å². The Kier molecular flexibility index (Phi) is 11.9. The highest BCUT2D eigenvalue weighted by Crippen LogP contribution is 2.22. The average Bonchev–Trinajstić information content (AvgIpc) is 3.06. The first-order valence-electron chi connectivity index (χ1n) is 8.65. The summed E-state index contributed by atoms with van der Waals surface area (Å²) in [7, 11) is 4.08. The molecule has 0 aliphatic heterocycles. The van der Waals surface area contributed by atoms with Crippen molar-refractivity contribution in [3.8, 4) is 5.75 Å². The molecule has 0 spiro atoms. The lowest BCUT2D eigenvalue weighted by Gasteiger charge is -2.06. The number of nitrogens with zero attached hydrogens (tertiary/aromatic N) is 1. The van der Waals surface area contributed by atoms with E-state index in [1.807, 2.05) is 25.6 Å². The van der Waals surface area contributed by atoms with Gasteiger partial charge >= 0.3 is 0 Å². The van der Waals surface area contributed by atoms with Crippen LogP contribution in [0.4, 0.5) is 4.39 Å². The summed E-state index contributed by atoms with van der Waals surface area (Å²) >= 11 is 3.08. The first-order valence-corrected chi connectivity index (χ1v) is 10.7. The van der Waals surface area contributed by atoms with Gasteiger partial charge in [0.25, 0.3) is 0 Å². The minimum Gasteiger partial charge on any atom is -0.492 e. The fourth-order valence-corrected chi connectivity index (χ4v) is 3.97. The van der Waals surface area contributed by atoms with Crippen molar-refractivity contribution in [3.63, 3.8) is 0 Å². The standard InChI is InChI=1S/C20H25FN2O2S2.ClH/c1-23(2)12-18-11-17(14-27-18)25-10-6-5-9-22-20(24)15-26-13-16-7-3-4-8-19(16)21;/h3-5,7-9,11,14H,6,10,12-13,15H2,1-2H3,(H,22,24);1H/b9-5-;. The van der Waals surface area contributed by atoms with Crippen LogP contribution in [0.15, 0.2) is 48.0 Å². The molecule has 1 heterocycles. The number of carbonyl (C=O) groups is 1. The molecule has 1 aromatic carbocycles. The highest BCUT2D eigenvalue weighted by atomic mass is 35.5. The number of carbonyl (C=O) groups excluding carboxylic acids is 1. The number of hydrogen-bond donors (Lipinski definition) is 1. The number of amides is 1. The van der Waals surface area contributed by atoms with Crippen molar-refractivity contribution in [1.29, 1.82) is 0 Å². The number of nitrogens with one attached hydrogen (secondary N) is 1. The van der Waals surface area contributed by atoms with Crippen molar-refractivity contribution in [1.82, 2.24) is 10.2 Å². The molecule has 1 aromatic heterocycles. The van der Waals surface area contributed by atoms with Gasteiger partial charge in [-0.2, -0.15) is 0 Å². The van der Waals surface area contributed by atoms with E-state index >= 15 is 0 Å². The molecule has 0 aliphatic rings. The fourth-order valence-electron chi connectivity index (χ4n) is 2.22. The number of thiophene rings is 1. The second-order valence-corrected chi connectivity index (χ2v) is 8.16. The molecule has 28 heavy (non-hydrogen) atoms. The zero-order valence-electron chi connectivity index (χ0n) is 16.0. The summed E-state index contributed by atoms with van der Waals surface area (Å²) < 4.78 is 19.2. The third kappa shape index (κ3) is 9.59. The lowest BCUT2D eigenvalue weighted by atomic mass is 10.2. The summed E-state index contributed by atoms with van der Waals surface area (Å²) in [6, 6.07) is 8.68. The van der Waals surface area contributed by atoms with Gasteiger partial charge in [0, 0.05) is 29.0 Å². The lowest BCUT2D eigenvalue weighted by molar-refractivity contribution is -0.117. The molecule has 0 fully saturated rings. The van der Waals surface area contributed by atoms with Crippen LogP contribution in [-0.4, -0.2) is 37.3 Å². The van der Waals surface area contributed by atoms with Gasteiger partial charge in [0.2, 0.25) is 5.91 Å². The maximum Gasteiger partial charge on any atom is 0.233 e. The molecule has 2 rings (SSSR count). The number of rotatable bonds is 11. The maximum atomic E-state index is 13.5. The molecule has 0 unspecified atom stereocenters. The highest BCUT2D eigenvalue weighted by molar-refractivity contribution is 7.99. The van der Waals surface area contributed by atoms with Gasteiger partial charge in [0.15, 0.2) is 0 Å². The second kappa shape index (κ2) is 13.6. The lowest BCUT2D eigenvalue weighted by Crippen LogP contribution is -2.19.